The van der Waals surface area contributed by atoms with Crippen molar-refractivity contribution in [3.8, 4) is 0 Å². The molecule has 1 atom stereocenters. The molecule has 0 bridgehead atoms. The SMILES string of the molecule is O=C(NCc1ccc(Br)cc1)C1=Cc2ccccc2S1=O. The Morgan fingerprint density at radius 2 is 1.81 bits per heavy atom. The first-order valence-corrected chi connectivity index (χ1v) is 8.34. The van der Waals surface area contributed by atoms with Crippen LogP contribution in [-0.2, 0) is 22.1 Å². The summed E-state index contributed by atoms with van der Waals surface area (Å²) in [5, 5.41) is 2.81. The Balaban J connectivity index is 1.70. The molecule has 3 rings (SSSR count). The van der Waals surface area contributed by atoms with Gasteiger partial charge >= 0.3 is 0 Å². The fraction of sp³-hybridized carbons (Fsp3) is 0.0625. The zero-order valence-corrected chi connectivity index (χ0v) is 13.4. The van der Waals surface area contributed by atoms with E-state index in [-0.39, 0.29) is 5.91 Å². The Kier molecular flexibility index (Phi) is 4.03. The average Bonchev–Trinajstić information content (AvgIpc) is 2.84. The van der Waals surface area contributed by atoms with Gasteiger partial charge in [0.1, 0.15) is 4.91 Å². The first-order chi connectivity index (χ1) is 10.1. The molecular weight excluding hydrogens is 350 g/mol. The summed E-state index contributed by atoms with van der Waals surface area (Å²) in [6.07, 6.45) is 1.70. The Morgan fingerprint density at radius 3 is 2.52 bits per heavy atom. The molecule has 0 aromatic heterocycles. The Labute approximate surface area is 133 Å². The summed E-state index contributed by atoms with van der Waals surface area (Å²) in [5.74, 6) is -0.285. The van der Waals surface area contributed by atoms with E-state index in [1.807, 2.05) is 42.5 Å². The summed E-state index contributed by atoms with van der Waals surface area (Å²) in [6, 6.07) is 15.1. The second kappa shape index (κ2) is 5.95. The van der Waals surface area contributed by atoms with Crippen LogP contribution >= 0.6 is 15.9 Å². The highest BCUT2D eigenvalue weighted by molar-refractivity contribution is 9.10. The van der Waals surface area contributed by atoms with Gasteiger partial charge in [-0.2, -0.15) is 0 Å². The van der Waals surface area contributed by atoms with Crippen molar-refractivity contribution in [1.82, 2.24) is 5.32 Å². The quantitative estimate of drug-likeness (QED) is 0.911. The number of benzene rings is 2. The van der Waals surface area contributed by atoms with Crippen LogP contribution in [0.25, 0.3) is 6.08 Å². The normalized spacial score (nSPS) is 16.2. The van der Waals surface area contributed by atoms with Gasteiger partial charge in [0.05, 0.1) is 15.7 Å². The molecule has 5 heteroatoms. The van der Waals surface area contributed by atoms with Crippen LogP contribution in [0.15, 0.2) is 62.8 Å². The van der Waals surface area contributed by atoms with Gasteiger partial charge in [-0.25, -0.2) is 4.21 Å². The van der Waals surface area contributed by atoms with Crippen LogP contribution in [0.2, 0.25) is 0 Å². The summed E-state index contributed by atoms with van der Waals surface area (Å²) < 4.78 is 13.3. The van der Waals surface area contributed by atoms with Crippen LogP contribution < -0.4 is 5.32 Å². The van der Waals surface area contributed by atoms with Gasteiger partial charge in [0, 0.05) is 11.0 Å². The maximum atomic E-state index is 12.3. The highest BCUT2D eigenvalue weighted by Gasteiger charge is 2.25. The minimum absolute atomic E-state index is 0.285. The van der Waals surface area contributed by atoms with Crippen molar-refractivity contribution in [2.24, 2.45) is 0 Å². The lowest BCUT2D eigenvalue weighted by Crippen LogP contribution is -2.25. The summed E-state index contributed by atoms with van der Waals surface area (Å²) in [6.45, 7) is 0.414. The zero-order chi connectivity index (χ0) is 14.8. The molecule has 106 valence electrons. The Hall–Kier alpha value is -1.72. The molecule has 1 amide bonds. The number of halogens is 1. The fourth-order valence-electron chi connectivity index (χ4n) is 2.10. The number of carbonyl (C=O) groups is 1. The Morgan fingerprint density at radius 1 is 1.10 bits per heavy atom. The third-order valence-corrected chi connectivity index (χ3v) is 5.20. The third kappa shape index (κ3) is 2.99. The summed E-state index contributed by atoms with van der Waals surface area (Å²) >= 11 is 3.37. The number of hydrogen-bond donors (Lipinski definition) is 1. The first-order valence-electron chi connectivity index (χ1n) is 6.40. The van der Waals surface area contributed by atoms with Gasteiger partial charge in [0.15, 0.2) is 0 Å². The molecule has 0 fully saturated rings. The van der Waals surface area contributed by atoms with E-state index in [0.29, 0.717) is 16.3 Å². The largest absolute Gasteiger partial charge is 0.347 e. The first kappa shape index (κ1) is 14.2. The number of carbonyl (C=O) groups excluding carboxylic acids is 1. The zero-order valence-electron chi connectivity index (χ0n) is 11.0. The maximum Gasteiger partial charge on any atom is 0.260 e. The molecule has 1 aliphatic rings. The van der Waals surface area contributed by atoms with Crippen molar-refractivity contribution in [3.05, 3.63) is 69.0 Å². The molecular formula is C16H12BrNO2S. The van der Waals surface area contributed by atoms with Crippen LogP contribution in [0.5, 0.6) is 0 Å². The number of amides is 1. The van der Waals surface area contributed by atoms with Gasteiger partial charge in [0.25, 0.3) is 5.91 Å². The summed E-state index contributed by atoms with van der Waals surface area (Å²) in [7, 11) is -1.39. The smallest absolute Gasteiger partial charge is 0.260 e. The maximum absolute atomic E-state index is 12.3. The standard InChI is InChI=1S/C16H12BrNO2S/c17-13-7-5-11(6-8-13)10-18-16(19)15-9-12-3-1-2-4-14(12)21(15)20/h1-9H,10H2,(H,18,19). The molecule has 2 aromatic carbocycles. The summed E-state index contributed by atoms with van der Waals surface area (Å²) in [4.78, 5) is 13.2. The molecule has 0 aliphatic carbocycles. The molecule has 21 heavy (non-hydrogen) atoms. The minimum atomic E-state index is -1.39. The monoisotopic (exact) mass is 361 g/mol. The molecule has 0 saturated heterocycles. The molecule has 1 aliphatic heterocycles. The Bertz CT molecular complexity index is 753. The van der Waals surface area contributed by atoms with E-state index in [0.717, 1.165) is 15.6 Å². The van der Waals surface area contributed by atoms with Crippen LogP contribution in [0.3, 0.4) is 0 Å². The third-order valence-electron chi connectivity index (χ3n) is 3.20. The highest BCUT2D eigenvalue weighted by atomic mass is 79.9. The van der Waals surface area contributed by atoms with Crippen LogP contribution in [0.1, 0.15) is 11.1 Å². The lowest BCUT2D eigenvalue weighted by molar-refractivity contribution is -0.116. The predicted molar refractivity (Wildman–Crippen MR) is 86.8 cm³/mol. The second-order valence-corrected chi connectivity index (χ2v) is 6.96. The van der Waals surface area contributed by atoms with E-state index < -0.39 is 10.8 Å². The molecule has 1 unspecified atom stereocenters. The second-order valence-electron chi connectivity index (χ2n) is 4.62. The van der Waals surface area contributed by atoms with Gasteiger partial charge in [-0.3, -0.25) is 4.79 Å². The van der Waals surface area contributed by atoms with E-state index in [9.17, 15) is 9.00 Å². The van der Waals surface area contributed by atoms with Crippen LogP contribution in [-0.4, -0.2) is 10.1 Å². The van der Waals surface area contributed by atoms with Crippen molar-refractivity contribution >= 4 is 38.7 Å². The average molecular weight is 362 g/mol. The molecule has 0 spiro atoms. The lowest BCUT2D eigenvalue weighted by Gasteiger charge is -2.06. The molecule has 2 aromatic rings. The van der Waals surface area contributed by atoms with Gasteiger partial charge in [-0.15, -0.1) is 0 Å². The van der Waals surface area contributed by atoms with Gasteiger partial charge in [0.2, 0.25) is 0 Å². The topological polar surface area (TPSA) is 46.2 Å². The van der Waals surface area contributed by atoms with Crippen molar-refractivity contribution in [3.63, 3.8) is 0 Å². The minimum Gasteiger partial charge on any atom is -0.347 e. The predicted octanol–water partition coefficient (Wildman–Crippen LogP) is 3.23. The van der Waals surface area contributed by atoms with E-state index >= 15 is 0 Å². The number of hydrogen-bond acceptors (Lipinski definition) is 2. The van der Waals surface area contributed by atoms with Crippen LogP contribution in [0.4, 0.5) is 0 Å². The van der Waals surface area contributed by atoms with E-state index in [2.05, 4.69) is 21.2 Å². The summed E-state index contributed by atoms with van der Waals surface area (Å²) in [5.41, 5.74) is 1.85. The number of nitrogens with one attached hydrogen (secondary N) is 1. The van der Waals surface area contributed by atoms with Gasteiger partial charge in [-0.1, -0.05) is 46.3 Å². The van der Waals surface area contributed by atoms with E-state index in [1.54, 1.807) is 12.1 Å². The molecule has 1 N–H and O–H groups in total. The molecule has 0 saturated carbocycles. The lowest BCUT2D eigenvalue weighted by atomic mass is 10.2. The van der Waals surface area contributed by atoms with Crippen molar-refractivity contribution in [2.75, 3.05) is 0 Å². The van der Waals surface area contributed by atoms with Gasteiger partial charge < -0.3 is 5.32 Å². The molecule has 3 nitrogen and oxygen atoms in total. The van der Waals surface area contributed by atoms with Crippen LogP contribution in [0, 0.1) is 0 Å². The fourth-order valence-corrected chi connectivity index (χ4v) is 3.62. The van der Waals surface area contributed by atoms with Gasteiger partial charge in [-0.05, 0) is 35.4 Å². The molecule has 0 radical (unpaired) electrons. The van der Waals surface area contributed by atoms with Crippen molar-refractivity contribution in [2.45, 2.75) is 11.4 Å². The number of fused-ring (bicyclic) bond motifs is 1. The number of rotatable bonds is 3. The van der Waals surface area contributed by atoms with Crippen molar-refractivity contribution in [1.29, 1.82) is 0 Å². The van der Waals surface area contributed by atoms with Crippen molar-refractivity contribution < 1.29 is 9.00 Å². The highest BCUT2D eigenvalue weighted by Crippen LogP contribution is 2.29. The van der Waals surface area contributed by atoms with E-state index in [1.165, 1.54) is 0 Å². The van der Waals surface area contributed by atoms with E-state index in [4.69, 9.17) is 0 Å². The molecule has 1 heterocycles.